The number of thiol groups is 1. The minimum absolute atomic E-state index is 0.181. The van der Waals surface area contributed by atoms with Crippen molar-refractivity contribution < 1.29 is 19.0 Å². The summed E-state index contributed by atoms with van der Waals surface area (Å²) in [4.78, 5) is 12.1. The van der Waals surface area contributed by atoms with Gasteiger partial charge in [0, 0.05) is 13.2 Å². The van der Waals surface area contributed by atoms with E-state index in [1.165, 1.54) is 14.2 Å². The van der Waals surface area contributed by atoms with Gasteiger partial charge in [-0.05, 0) is 11.5 Å². The molecule has 0 fully saturated rings. The van der Waals surface area contributed by atoms with Crippen LogP contribution in [0.2, 0.25) is 5.02 Å². The summed E-state index contributed by atoms with van der Waals surface area (Å²) in [5.41, 5.74) is 0.840. The Labute approximate surface area is 139 Å². The van der Waals surface area contributed by atoms with E-state index in [4.69, 9.17) is 25.8 Å². The normalized spacial score (nSPS) is 13.6. The van der Waals surface area contributed by atoms with Crippen molar-refractivity contribution in [2.45, 2.75) is 0 Å². The van der Waals surface area contributed by atoms with Crippen molar-refractivity contribution in [2.24, 2.45) is 0 Å². The lowest BCUT2D eigenvalue weighted by Gasteiger charge is -2.37. The van der Waals surface area contributed by atoms with Crippen LogP contribution in [0.1, 0.15) is 10.4 Å². The van der Waals surface area contributed by atoms with Crippen molar-refractivity contribution >= 4 is 35.9 Å². The smallest absolute Gasteiger partial charge is 0.345 e. The Hall–Kier alpha value is -1.73. The van der Waals surface area contributed by atoms with Crippen LogP contribution in [0, 0.1) is 0 Å². The topological polar surface area (TPSA) is 51.2 Å². The van der Waals surface area contributed by atoms with E-state index >= 15 is 0 Å². The van der Waals surface area contributed by atoms with Gasteiger partial charge in [0.15, 0.2) is 11.5 Å². The SMILES string of the molecule is COC(=O)c1c(OC)c(Cl)cc2c1OCCN2N(C)/C=C\S. The number of esters is 1. The molecule has 0 aromatic heterocycles. The number of hydrogen-bond acceptors (Lipinski definition) is 7. The second-order valence-electron chi connectivity index (χ2n) is 4.45. The van der Waals surface area contributed by atoms with Crippen molar-refractivity contribution in [3.05, 3.63) is 28.3 Å². The van der Waals surface area contributed by atoms with E-state index in [1.54, 1.807) is 17.7 Å². The Morgan fingerprint density at radius 1 is 1.55 bits per heavy atom. The van der Waals surface area contributed by atoms with Gasteiger partial charge in [-0.25, -0.2) is 4.79 Å². The summed E-state index contributed by atoms with van der Waals surface area (Å²) in [5.74, 6) is 0.0603. The molecule has 0 amide bonds. The third-order valence-electron chi connectivity index (χ3n) is 3.25. The van der Waals surface area contributed by atoms with Gasteiger partial charge in [0.2, 0.25) is 0 Å². The second-order valence-corrected chi connectivity index (χ2v) is 5.16. The summed E-state index contributed by atoms with van der Waals surface area (Å²) in [6.07, 6.45) is 1.77. The highest BCUT2D eigenvalue weighted by Crippen LogP contribution is 2.45. The third kappa shape index (κ3) is 2.91. The van der Waals surface area contributed by atoms with E-state index < -0.39 is 5.97 Å². The quantitative estimate of drug-likeness (QED) is 0.669. The number of fused-ring (bicyclic) bond motifs is 1. The van der Waals surface area contributed by atoms with Crippen LogP contribution < -0.4 is 14.5 Å². The van der Waals surface area contributed by atoms with Crippen LogP contribution in [0.5, 0.6) is 11.5 Å². The Bertz CT molecular complexity index is 609. The fraction of sp³-hybridized carbons (Fsp3) is 0.357. The molecule has 6 nitrogen and oxygen atoms in total. The summed E-state index contributed by atoms with van der Waals surface area (Å²) >= 11 is 10.3. The van der Waals surface area contributed by atoms with Crippen molar-refractivity contribution in [2.75, 3.05) is 39.4 Å². The Morgan fingerprint density at radius 3 is 2.86 bits per heavy atom. The van der Waals surface area contributed by atoms with Gasteiger partial charge in [0.1, 0.15) is 17.9 Å². The van der Waals surface area contributed by atoms with E-state index in [0.717, 1.165) is 0 Å². The summed E-state index contributed by atoms with van der Waals surface area (Å²) in [7, 11) is 4.60. The Balaban J connectivity index is 2.63. The number of carbonyl (C=O) groups is 1. The number of ether oxygens (including phenoxy) is 3. The molecule has 0 saturated heterocycles. The van der Waals surface area contributed by atoms with E-state index in [-0.39, 0.29) is 11.3 Å². The largest absolute Gasteiger partial charge is 0.494 e. The average molecular weight is 345 g/mol. The van der Waals surface area contributed by atoms with E-state index in [0.29, 0.717) is 29.6 Å². The maximum absolute atomic E-state index is 12.1. The van der Waals surface area contributed by atoms with Crippen LogP contribution in [0.3, 0.4) is 0 Å². The molecule has 1 aliphatic rings. The van der Waals surface area contributed by atoms with E-state index in [1.807, 2.05) is 17.1 Å². The molecule has 0 saturated carbocycles. The number of benzene rings is 1. The Morgan fingerprint density at radius 2 is 2.27 bits per heavy atom. The number of hydrogen-bond donors (Lipinski definition) is 1. The molecule has 0 spiro atoms. The van der Waals surface area contributed by atoms with Gasteiger partial charge in [-0.1, -0.05) is 11.6 Å². The van der Waals surface area contributed by atoms with Crippen LogP contribution in [0.15, 0.2) is 17.7 Å². The van der Waals surface area contributed by atoms with Gasteiger partial charge in [-0.2, -0.15) is 0 Å². The molecule has 120 valence electrons. The minimum atomic E-state index is -0.565. The minimum Gasteiger partial charge on any atom is -0.494 e. The number of rotatable bonds is 4. The molecule has 1 heterocycles. The van der Waals surface area contributed by atoms with Crippen LogP contribution >= 0.6 is 24.2 Å². The van der Waals surface area contributed by atoms with E-state index in [9.17, 15) is 4.79 Å². The number of carbonyl (C=O) groups excluding carboxylic acids is 1. The number of hydrazine groups is 1. The first-order chi connectivity index (χ1) is 10.5. The molecule has 1 aromatic carbocycles. The molecule has 0 bridgehead atoms. The standard InChI is InChI=1S/C14H17ClN2O4S/c1-16(5-7-22)17-4-6-21-13-10(17)8-9(15)12(19-2)11(13)14(18)20-3/h5,7-8,22H,4,6H2,1-3H3/b7-5-. The molecule has 0 atom stereocenters. The highest BCUT2D eigenvalue weighted by molar-refractivity contribution is 7.83. The maximum atomic E-state index is 12.1. The first kappa shape index (κ1) is 16.6. The molecule has 8 heteroatoms. The van der Waals surface area contributed by atoms with Gasteiger partial charge < -0.3 is 14.2 Å². The molecule has 0 N–H and O–H groups in total. The first-order valence-corrected chi connectivity index (χ1v) is 7.37. The summed E-state index contributed by atoms with van der Waals surface area (Å²) in [5, 5.41) is 5.67. The van der Waals surface area contributed by atoms with Crippen molar-refractivity contribution in [1.29, 1.82) is 0 Å². The number of anilines is 1. The zero-order valence-corrected chi connectivity index (χ0v) is 14.1. The summed E-state index contributed by atoms with van der Waals surface area (Å²) in [6, 6.07) is 1.70. The van der Waals surface area contributed by atoms with E-state index in [2.05, 4.69) is 12.6 Å². The molecule has 1 aromatic rings. The van der Waals surface area contributed by atoms with Crippen LogP contribution in [-0.4, -0.2) is 45.4 Å². The number of halogens is 1. The zero-order chi connectivity index (χ0) is 16.3. The first-order valence-electron chi connectivity index (χ1n) is 6.47. The lowest BCUT2D eigenvalue weighted by molar-refractivity contribution is 0.0591. The molecular weight excluding hydrogens is 328 g/mol. The predicted molar refractivity (Wildman–Crippen MR) is 88.1 cm³/mol. The van der Waals surface area contributed by atoms with Gasteiger partial charge in [0.05, 0.1) is 25.8 Å². The molecule has 0 unspecified atom stereocenters. The van der Waals surface area contributed by atoms with Crippen LogP contribution in [0.4, 0.5) is 5.69 Å². The summed E-state index contributed by atoms with van der Waals surface area (Å²) in [6.45, 7) is 1.01. The lowest BCUT2D eigenvalue weighted by Crippen LogP contribution is -2.42. The van der Waals surface area contributed by atoms with Gasteiger partial charge in [0.25, 0.3) is 0 Å². The van der Waals surface area contributed by atoms with Crippen LogP contribution in [0.25, 0.3) is 0 Å². The zero-order valence-electron chi connectivity index (χ0n) is 12.5. The molecule has 2 rings (SSSR count). The number of methoxy groups -OCH3 is 2. The molecule has 0 aliphatic carbocycles. The average Bonchev–Trinajstić information content (AvgIpc) is 2.52. The second kappa shape index (κ2) is 7.02. The molecule has 0 radical (unpaired) electrons. The van der Waals surface area contributed by atoms with Crippen molar-refractivity contribution in [3.8, 4) is 11.5 Å². The molecule has 1 aliphatic heterocycles. The van der Waals surface area contributed by atoms with Crippen molar-refractivity contribution in [3.63, 3.8) is 0 Å². The molecular formula is C14H17ClN2O4S. The highest BCUT2D eigenvalue weighted by atomic mass is 35.5. The predicted octanol–water partition coefficient (Wildman–Crippen LogP) is 2.58. The lowest BCUT2D eigenvalue weighted by atomic mass is 10.1. The highest BCUT2D eigenvalue weighted by Gasteiger charge is 2.31. The van der Waals surface area contributed by atoms with Gasteiger partial charge in [-0.15, -0.1) is 12.6 Å². The van der Waals surface area contributed by atoms with Crippen molar-refractivity contribution in [1.82, 2.24) is 5.01 Å². The fourth-order valence-electron chi connectivity index (χ4n) is 2.29. The van der Waals surface area contributed by atoms with Gasteiger partial charge in [-0.3, -0.25) is 10.0 Å². The third-order valence-corrected chi connectivity index (χ3v) is 3.67. The molecule has 22 heavy (non-hydrogen) atoms. The fourth-order valence-corrected chi connectivity index (χ4v) is 2.75. The summed E-state index contributed by atoms with van der Waals surface area (Å²) < 4.78 is 15.7. The van der Waals surface area contributed by atoms with Crippen LogP contribution in [-0.2, 0) is 4.74 Å². The number of nitrogens with zero attached hydrogens (tertiary/aromatic N) is 2. The Kier molecular flexibility index (Phi) is 5.31. The monoisotopic (exact) mass is 344 g/mol. The maximum Gasteiger partial charge on any atom is 0.345 e. The van der Waals surface area contributed by atoms with Gasteiger partial charge >= 0.3 is 5.97 Å².